The zero-order chi connectivity index (χ0) is 23.6. The van der Waals surface area contributed by atoms with Crippen LogP contribution in [0.2, 0.25) is 0 Å². The van der Waals surface area contributed by atoms with E-state index < -0.39 is 54.4 Å². The van der Waals surface area contributed by atoms with Gasteiger partial charge >= 0.3 is 0 Å². The van der Waals surface area contributed by atoms with Gasteiger partial charge in [-0.2, -0.15) is 0 Å². The van der Waals surface area contributed by atoms with Gasteiger partial charge in [0, 0.05) is 24.9 Å². The summed E-state index contributed by atoms with van der Waals surface area (Å²) in [6, 6.07) is -2.65. The van der Waals surface area contributed by atoms with E-state index in [1.807, 2.05) is 0 Å². The van der Waals surface area contributed by atoms with Crippen LogP contribution < -0.4 is 9.47 Å². The number of hydrogen-bond acceptors (Lipinski definition) is 5. The van der Waals surface area contributed by atoms with E-state index in [0.29, 0.717) is 0 Å². The van der Waals surface area contributed by atoms with Gasteiger partial charge in [-0.15, -0.1) is 0 Å². The summed E-state index contributed by atoms with van der Waals surface area (Å²) in [6.07, 6.45) is -5.53. The number of aliphatic hydroxyl groups is 1. The van der Waals surface area contributed by atoms with Gasteiger partial charge in [-0.1, -0.05) is 6.04 Å². The van der Waals surface area contributed by atoms with Gasteiger partial charge in [0.2, 0.25) is 1.43 Å². The average Bonchev–Trinajstić information content (AvgIpc) is 2.96. The molecule has 1 saturated carbocycles. The summed E-state index contributed by atoms with van der Waals surface area (Å²) < 4.78 is 87.3. The molecule has 2 bridgehead atoms. The molecule has 23 heavy (non-hydrogen) atoms. The van der Waals surface area contributed by atoms with Crippen molar-refractivity contribution in [1.82, 2.24) is 4.90 Å². The molecular weight excluding hydrogens is 294 g/mol. The number of likely N-dealkylation sites (tertiary alicyclic amines) is 1. The average molecular weight is 324 g/mol. The van der Waals surface area contributed by atoms with Gasteiger partial charge in [0.1, 0.15) is 0 Å². The molecule has 1 spiro atoms. The maximum atomic E-state index is 13.1. The van der Waals surface area contributed by atoms with E-state index in [2.05, 4.69) is 0 Å². The van der Waals surface area contributed by atoms with Gasteiger partial charge < -0.3 is 19.5 Å². The van der Waals surface area contributed by atoms with Crippen LogP contribution in [0, 0.1) is 0 Å². The number of ketones is 1. The molecule has 1 aromatic carbocycles. The predicted octanol–water partition coefficient (Wildman–Crippen LogP) is 1.05. The second kappa shape index (κ2) is 4.08. The van der Waals surface area contributed by atoms with Crippen molar-refractivity contribution in [2.45, 2.75) is 48.8 Å². The normalized spacial score (nSPS) is 52.1. The molecule has 5 nitrogen and oxygen atoms in total. The number of ether oxygens (including phenoxy) is 2. The SMILES string of the molecule is [2H]O[C@@]12CCC(=O)C3([2H])Oc4c(OC)c([2H])c([2H])c5c4[C@@]31CCN(C([2H])([2H])[2H])[C@@H]2C5([2H])[2H]. The van der Waals surface area contributed by atoms with E-state index in [9.17, 15) is 4.79 Å². The van der Waals surface area contributed by atoms with Crippen molar-refractivity contribution in [2.24, 2.45) is 0 Å². The number of likely N-dealkylation sites (N-methyl/N-ethyl adjacent to an activating group) is 1. The summed E-state index contributed by atoms with van der Waals surface area (Å²) in [7, 11) is 1.24. The van der Waals surface area contributed by atoms with Crippen molar-refractivity contribution in [3.8, 4) is 11.5 Å². The van der Waals surface area contributed by atoms with Crippen molar-refractivity contribution in [3.05, 3.63) is 23.2 Å². The van der Waals surface area contributed by atoms with E-state index in [1.54, 1.807) is 0 Å². The molecular formula is C18H21NO4. The highest BCUT2D eigenvalue weighted by atomic mass is 16.5. The van der Waals surface area contributed by atoms with E-state index in [4.69, 9.17) is 27.0 Å². The number of hydrogen-bond donors (Lipinski definition) is 1. The highest BCUT2D eigenvalue weighted by Crippen LogP contribution is 2.64. The quantitative estimate of drug-likeness (QED) is 0.881. The molecule has 4 aliphatic rings. The lowest BCUT2D eigenvalue weighted by Gasteiger charge is -2.62. The molecule has 2 aliphatic carbocycles. The second-order valence-corrected chi connectivity index (χ2v) is 6.50. The fourth-order valence-electron chi connectivity index (χ4n) is 4.67. The Balaban J connectivity index is 2.00. The standard InChI is InChI=1S/C18H21NO4/c1-19-8-7-17-14-10-3-4-12(22-2)15(14)23-16(17)11(20)5-6-18(17,21)13(19)9-10/h3-4,13,16,21H,5-9H2,1-2H3/t13-,16?,17+,18-/m1/s1/i1D3,3D,4D,9D2,16D,21D. The first-order valence-corrected chi connectivity index (χ1v) is 7.61. The Hall–Kier alpha value is -1.59. The zero-order valence-corrected chi connectivity index (χ0v) is 12.5. The summed E-state index contributed by atoms with van der Waals surface area (Å²) in [4.78, 5) is 14.1. The molecule has 1 unspecified atom stereocenters. The first kappa shape index (κ1) is 7.53. The lowest BCUT2D eigenvalue weighted by atomic mass is 9.49. The van der Waals surface area contributed by atoms with E-state index in [-0.39, 0.29) is 48.4 Å². The fraction of sp³-hybridized carbons (Fsp3) is 0.611. The number of carbonyl (C=O) groups is 1. The van der Waals surface area contributed by atoms with Gasteiger partial charge in [0.25, 0.3) is 0 Å². The lowest BCUT2D eigenvalue weighted by molar-refractivity contribution is -0.185. The molecule has 4 atom stereocenters. The Morgan fingerprint density at radius 1 is 1.65 bits per heavy atom. The molecule has 5 rings (SSSR count). The first-order chi connectivity index (χ1) is 14.8. The minimum Gasteiger partial charge on any atom is -0.493 e. The van der Waals surface area contributed by atoms with Gasteiger partial charge in [0.15, 0.2) is 23.4 Å². The number of carbonyl (C=O) groups excluding carboxylic acids is 1. The molecule has 122 valence electrons. The molecule has 1 N–H and O–H groups in total. The number of methoxy groups -OCH3 is 1. The van der Waals surface area contributed by atoms with Crippen molar-refractivity contribution in [2.75, 3.05) is 20.6 Å². The molecule has 0 radical (unpaired) electrons. The van der Waals surface area contributed by atoms with Crippen LogP contribution in [0.5, 0.6) is 11.5 Å². The van der Waals surface area contributed by atoms with Crippen molar-refractivity contribution < 1.29 is 30.3 Å². The monoisotopic (exact) mass is 324 g/mol. The number of nitrogens with zero attached hydrogens (tertiary/aromatic N) is 1. The highest BCUT2D eigenvalue weighted by molar-refractivity contribution is 5.90. The smallest absolute Gasteiger partial charge is 0.211 e. The molecule has 5 heteroatoms. The first-order valence-electron chi connectivity index (χ1n) is 12.0. The van der Waals surface area contributed by atoms with Crippen LogP contribution in [0.3, 0.4) is 0 Å². The lowest BCUT2D eigenvalue weighted by Crippen LogP contribution is -2.76. The summed E-state index contributed by atoms with van der Waals surface area (Å²) >= 11 is 0. The van der Waals surface area contributed by atoms with Crippen LogP contribution in [0.4, 0.5) is 0 Å². The Bertz CT molecular complexity index is 1060. The number of rotatable bonds is 2. The number of Topliss-reactive ketones (excluding diaryl/α,β-unsaturated/α-hetero) is 1. The molecule has 2 fully saturated rings. The summed E-state index contributed by atoms with van der Waals surface area (Å²) in [6.45, 7) is -2.98. The minimum atomic E-state index is -2.77. The van der Waals surface area contributed by atoms with E-state index >= 15 is 0 Å². The van der Waals surface area contributed by atoms with Crippen LogP contribution in [-0.4, -0.2) is 55.6 Å². The Morgan fingerprint density at radius 3 is 3.35 bits per heavy atom. The predicted molar refractivity (Wildman–Crippen MR) is 83.0 cm³/mol. The Kier molecular flexibility index (Phi) is 1.34. The third-order valence-corrected chi connectivity index (χ3v) is 5.67. The third-order valence-electron chi connectivity index (χ3n) is 5.67. The summed E-state index contributed by atoms with van der Waals surface area (Å²) in [5.74, 6) is -1.00. The van der Waals surface area contributed by atoms with Crippen LogP contribution in [0.1, 0.15) is 41.4 Å². The number of piperidine rings is 1. The maximum absolute atomic E-state index is 13.1. The topological polar surface area (TPSA) is 59.0 Å². The largest absolute Gasteiger partial charge is 0.493 e. The van der Waals surface area contributed by atoms with Gasteiger partial charge in [-0.25, -0.2) is 0 Å². The highest BCUT2D eigenvalue weighted by Gasteiger charge is 2.72. The van der Waals surface area contributed by atoms with Crippen molar-refractivity contribution >= 4 is 5.78 Å². The third kappa shape index (κ3) is 1.32. The van der Waals surface area contributed by atoms with Crippen LogP contribution in [-0.2, 0) is 16.6 Å². The maximum Gasteiger partial charge on any atom is 0.211 e. The summed E-state index contributed by atoms with van der Waals surface area (Å²) in [5, 5.41) is 5.24. The molecule has 1 aromatic rings. The van der Waals surface area contributed by atoms with E-state index in [0.717, 1.165) is 4.90 Å². The molecule has 0 aromatic heterocycles. The zero-order valence-electron chi connectivity index (χ0n) is 21.5. The minimum absolute atomic E-state index is 0.0112. The molecule has 2 heterocycles. The van der Waals surface area contributed by atoms with Crippen LogP contribution in [0.15, 0.2) is 12.1 Å². The van der Waals surface area contributed by atoms with Crippen molar-refractivity contribution in [1.29, 1.82) is 1.43 Å². The van der Waals surface area contributed by atoms with E-state index in [1.165, 1.54) is 7.11 Å². The van der Waals surface area contributed by atoms with Gasteiger partial charge in [-0.3, -0.25) is 4.79 Å². The number of benzene rings is 1. The fourth-order valence-corrected chi connectivity index (χ4v) is 4.67. The Labute approximate surface area is 147 Å². The van der Waals surface area contributed by atoms with Gasteiger partial charge in [0.05, 0.1) is 22.2 Å². The van der Waals surface area contributed by atoms with Crippen LogP contribution >= 0.6 is 0 Å². The summed E-state index contributed by atoms with van der Waals surface area (Å²) in [5.41, 5.74) is -3.96. The van der Waals surface area contributed by atoms with Gasteiger partial charge in [-0.05, 0) is 44.3 Å². The molecule has 0 amide bonds. The van der Waals surface area contributed by atoms with Crippen molar-refractivity contribution in [3.63, 3.8) is 0 Å². The Morgan fingerprint density at radius 2 is 2.57 bits per heavy atom. The molecule has 1 saturated heterocycles. The van der Waals surface area contributed by atoms with Crippen LogP contribution in [0.25, 0.3) is 0 Å². The second-order valence-electron chi connectivity index (χ2n) is 6.50. The molecule has 2 aliphatic heterocycles.